The first kappa shape index (κ1) is 9.19. The summed E-state index contributed by atoms with van der Waals surface area (Å²) in [5.41, 5.74) is 1.45. The Morgan fingerprint density at radius 2 is 2.42 bits per heavy atom. The molecule has 0 N–H and O–H groups in total. The largest absolute Gasteiger partial charge is 0.461 e. The predicted octanol–water partition coefficient (Wildman–Crippen LogP) is 1.88. The highest BCUT2D eigenvalue weighted by Crippen LogP contribution is 2.12. The molecule has 0 aliphatic heterocycles. The molecule has 0 radical (unpaired) electrons. The molecule has 1 rings (SSSR count). The highest BCUT2D eigenvalue weighted by atomic mass is 32.1. The van der Waals surface area contributed by atoms with E-state index in [1.165, 1.54) is 11.5 Å². The third kappa shape index (κ3) is 1.82. The highest BCUT2D eigenvalue weighted by molar-refractivity contribution is 7.03. The molecule has 0 aromatic carbocycles. The van der Waals surface area contributed by atoms with Crippen LogP contribution in [0.15, 0.2) is 5.38 Å². The van der Waals surface area contributed by atoms with Crippen LogP contribution in [0.1, 0.15) is 29.9 Å². The second kappa shape index (κ2) is 4.21. The van der Waals surface area contributed by atoms with Crippen molar-refractivity contribution in [1.29, 1.82) is 0 Å². The fourth-order valence-electron chi connectivity index (χ4n) is 0.876. The average molecular weight is 185 g/mol. The smallest absolute Gasteiger partial charge is 0.358 e. The highest BCUT2D eigenvalue weighted by Gasteiger charge is 2.13. The molecular weight excluding hydrogens is 174 g/mol. The van der Waals surface area contributed by atoms with Crippen molar-refractivity contribution >= 4 is 17.5 Å². The second-order valence-electron chi connectivity index (χ2n) is 2.26. The van der Waals surface area contributed by atoms with Crippen LogP contribution in [0.3, 0.4) is 0 Å². The van der Waals surface area contributed by atoms with Gasteiger partial charge < -0.3 is 4.74 Å². The maximum absolute atomic E-state index is 11.2. The summed E-state index contributed by atoms with van der Waals surface area (Å²) in [7, 11) is 0. The van der Waals surface area contributed by atoms with Crippen LogP contribution in [0.25, 0.3) is 0 Å². The zero-order valence-electron chi connectivity index (χ0n) is 7.16. The predicted molar refractivity (Wildman–Crippen MR) is 47.4 cm³/mol. The van der Waals surface area contributed by atoms with E-state index < -0.39 is 0 Å². The summed E-state index contributed by atoms with van der Waals surface area (Å²) in [6, 6.07) is 0. The number of aryl methyl sites for hydroxylation is 1. The lowest BCUT2D eigenvalue weighted by Crippen LogP contribution is -2.07. The van der Waals surface area contributed by atoms with Gasteiger partial charge >= 0.3 is 5.97 Å². The molecule has 1 aromatic heterocycles. The topological polar surface area (TPSA) is 39.2 Å². The lowest BCUT2D eigenvalue weighted by atomic mass is 10.2. The van der Waals surface area contributed by atoms with Gasteiger partial charge in [0.05, 0.1) is 6.61 Å². The van der Waals surface area contributed by atoms with Crippen LogP contribution in [0, 0.1) is 0 Å². The van der Waals surface area contributed by atoms with E-state index in [-0.39, 0.29) is 5.97 Å². The number of ether oxygens (including phenoxy) is 1. The Bertz CT molecular complexity index is 270. The summed E-state index contributed by atoms with van der Waals surface area (Å²) < 4.78 is 8.81. The van der Waals surface area contributed by atoms with Crippen LogP contribution >= 0.6 is 11.5 Å². The molecule has 0 fully saturated rings. The summed E-state index contributed by atoms with van der Waals surface area (Å²) in [4.78, 5) is 11.2. The van der Waals surface area contributed by atoms with Gasteiger partial charge in [-0.15, -0.1) is 0 Å². The molecule has 0 amide bonds. The van der Waals surface area contributed by atoms with Crippen molar-refractivity contribution in [3.05, 3.63) is 16.6 Å². The van der Waals surface area contributed by atoms with Gasteiger partial charge in [-0.2, -0.15) is 4.37 Å². The van der Waals surface area contributed by atoms with Gasteiger partial charge in [0.15, 0.2) is 5.69 Å². The molecule has 0 aliphatic rings. The number of nitrogens with zero attached hydrogens (tertiary/aromatic N) is 1. The number of esters is 1. The number of rotatable bonds is 3. The van der Waals surface area contributed by atoms with E-state index in [0.717, 1.165) is 12.0 Å². The molecule has 0 saturated carbocycles. The molecule has 12 heavy (non-hydrogen) atoms. The van der Waals surface area contributed by atoms with E-state index >= 15 is 0 Å². The van der Waals surface area contributed by atoms with Gasteiger partial charge in [-0.3, -0.25) is 0 Å². The zero-order chi connectivity index (χ0) is 8.97. The molecule has 0 saturated heterocycles. The Hall–Kier alpha value is -0.900. The fourth-order valence-corrected chi connectivity index (χ4v) is 1.63. The molecule has 4 heteroatoms. The first-order valence-corrected chi connectivity index (χ1v) is 4.73. The minimum Gasteiger partial charge on any atom is -0.461 e. The minimum atomic E-state index is -0.310. The Kier molecular flexibility index (Phi) is 3.22. The number of carbonyl (C=O) groups excluding carboxylic acids is 1. The van der Waals surface area contributed by atoms with Gasteiger partial charge in [0.2, 0.25) is 0 Å². The first-order chi connectivity index (χ1) is 5.79. The third-order valence-electron chi connectivity index (χ3n) is 1.49. The van der Waals surface area contributed by atoms with Crippen molar-refractivity contribution in [1.82, 2.24) is 4.37 Å². The van der Waals surface area contributed by atoms with Crippen molar-refractivity contribution in [2.45, 2.75) is 20.3 Å². The fraction of sp³-hybridized carbons (Fsp3) is 0.500. The molecule has 3 nitrogen and oxygen atoms in total. The van der Waals surface area contributed by atoms with Crippen LogP contribution in [-0.4, -0.2) is 16.9 Å². The first-order valence-electron chi connectivity index (χ1n) is 3.90. The quantitative estimate of drug-likeness (QED) is 0.675. The molecule has 1 aromatic rings. The van der Waals surface area contributed by atoms with Crippen molar-refractivity contribution in [3.63, 3.8) is 0 Å². The zero-order valence-corrected chi connectivity index (χ0v) is 7.98. The Morgan fingerprint density at radius 3 is 3.00 bits per heavy atom. The Labute approximate surface area is 75.5 Å². The summed E-state index contributed by atoms with van der Waals surface area (Å²) in [5.74, 6) is -0.310. The summed E-state index contributed by atoms with van der Waals surface area (Å²) >= 11 is 1.29. The van der Waals surface area contributed by atoms with Crippen LogP contribution < -0.4 is 0 Å². The van der Waals surface area contributed by atoms with Gasteiger partial charge in [-0.1, -0.05) is 6.92 Å². The monoisotopic (exact) mass is 185 g/mol. The molecule has 0 aliphatic carbocycles. The number of carbonyl (C=O) groups is 1. The molecule has 66 valence electrons. The summed E-state index contributed by atoms with van der Waals surface area (Å²) in [6.07, 6.45) is 0.824. The van der Waals surface area contributed by atoms with E-state index in [4.69, 9.17) is 4.74 Å². The van der Waals surface area contributed by atoms with Crippen molar-refractivity contribution in [2.75, 3.05) is 6.61 Å². The minimum absolute atomic E-state index is 0.310. The van der Waals surface area contributed by atoms with Gasteiger partial charge in [0.1, 0.15) is 0 Å². The van der Waals surface area contributed by atoms with Crippen LogP contribution in [-0.2, 0) is 11.2 Å². The summed E-state index contributed by atoms with van der Waals surface area (Å²) in [6.45, 7) is 4.18. The van der Waals surface area contributed by atoms with Gasteiger partial charge in [0, 0.05) is 5.38 Å². The van der Waals surface area contributed by atoms with Crippen LogP contribution in [0.4, 0.5) is 0 Å². The number of hydrogen-bond donors (Lipinski definition) is 0. The van der Waals surface area contributed by atoms with E-state index in [0.29, 0.717) is 12.3 Å². The molecular formula is C8H11NO2S. The second-order valence-corrected chi connectivity index (χ2v) is 2.89. The van der Waals surface area contributed by atoms with E-state index in [2.05, 4.69) is 4.37 Å². The van der Waals surface area contributed by atoms with E-state index in [9.17, 15) is 4.79 Å². The molecule has 0 spiro atoms. The van der Waals surface area contributed by atoms with Gasteiger partial charge in [-0.05, 0) is 30.4 Å². The molecule has 0 unspecified atom stereocenters. The number of hydrogen-bond acceptors (Lipinski definition) is 4. The van der Waals surface area contributed by atoms with Crippen molar-refractivity contribution in [2.24, 2.45) is 0 Å². The maximum atomic E-state index is 11.2. The molecule has 0 bridgehead atoms. The van der Waals surface area contributed by atoms with Crippen LogP contribution in [0.5, 0.6) is 0 Å². The third-order valence-corrected chi connectivity index (χ3v) is 2.17. The van der Waals surface area contributed by atoms with Crippen molar-refractivity contribution < 1.29 is 9.53 Å². The lowest BCUT2D eigenvalue weighted by Gasteiger charge is -1.99. The van der Waals surface area contributed by atoms with E-state index in [1.807, 2.05) is 12.3 Å². The Morgan fingerprint density at radius 1 is 1.67 bits per heavy atom. The Balaban J connectivity index is 2.79. The average Bonchev–Trinajstić information content (AvgIpc) is 2.51. The number of aromatic nitrogens is 1. The van der Waals surface area contributed by atoms with E-state index in [1.54, 1.807) is 6.92 Å². The standard InChI is InChI=1S/C8H11NO2S/c1-3-6-5-12-9-7(6)8(10)11-4-2/h5H,3-4H2,1-2H3. The normalized spacial score (nSPS) is 9.83. The van der Waals surface area contributed by atoms with Crippen molar-refractivity contribution in [3.8, 4) is 0 Å². The maximum Gasteiger partial charge on any atom is 0.358 e. The van der Waals surface area contributed by atoms with Gasteiger partial charge in [-0.25, -0.2) is 4.79 Å². The molecule has 0 atom stereocenters. The molecule has 1 heterocycles. The van der Waals surface area contributed by atoms with Gasteiger partial charge in [0.25, 0.3) is 0 Å². The van der Waals surface area contributed by atoms with Crippen LogP contribution in [0.2, 0.25) is 0 Å². The summed E-state index contributed by atoms with van der Waals surface area (Å²) in [5, 5.41) is 1.88. The SMILES string of the molecule is CCOC(=O)c1nscc1CC. The lowest BCUT2D eigenvalue weighted by molar-refractivity contribution is 0.0519.